The van der Waals surface area contributed by atoms with Crippen molar-refractivity contribution >= 4 is 17.9 Å². The van der Waals surface area contributed by atoms with Gasteiger partial charge in [0.25, 0.3) is 0 Å². The number of rotatable bonds is 8. The van der Waals surface area contributed by atoms with Crippen LogP contribution in [0.5, 0.6) is 0 Å². The zero-order chi connectivity index (χ0) is 31.8. The Hall–Kier alpha value is -3.15. The number of hydrogen-bond donors (Lipinski definition) is 0. The summed E-state index contributed by atoms with van der Waals surface area (Å²) in [4.78, 5) is 38.6. The molecular weight excluding hydrogens is 564 g/mol. The van der Waals surface area contributed by atoms with Gasteiger partial charge in [-0.15, -0.1) is 0 Å². The van der Waals surface area contributed by atoms with Crippen molar-refractivity contribution in [2.45, 2.75) is 97.2 Å². The Kier molecular flexibility index (Phi) is 9.14. The average Bonchev–Trinajstić information content (AvgIpc) is 3.43. The molecule has 4 saturated carbocycles. The number of hydrogen-bond acceptors (Lipinski definition) is 6. The second-order valence-electron chi connectivity index (χ2n) is 15.0. The lowest BCUT2D eigenvalue weighted by atomic mass is 9.43. The first-order chi connectivity index (χ1) is 21.6. The zero-order valence-corrected chi connectivity index (χ0v) is 27.4. The normalized spacial score (nSPS) is 36.0. The SMILES string of the molecule is COC(=O)CC[C@H](C)[C@H]1CC[C@H]2[C@H]3CC[C@H]4C[C@H](OC(=O)c5ccccc5)CC[C@]4(C)[C@@H]3C[C@H](OC(=O)c3ccccc3)[C@]12C. The summed E-state index contributed by atoms with van der Waals surface area (Å²) in [5.41, 5.74) is 1.18. The van der Waals surface area contributed by atoms with E-state index in [1.807, 2.05) is 60.7 Å². The summed E-state index contributed by atoms with van der Waals surface area (Å²) in [6.07, 6.45) is 9.21. The molecule has 6 rings (SSSR count). The van der Waals surface area contributed by atoms with Crippen molar-refractivity contribution < 1.29 is 28.6 Å². The molecule has 0 bridgehead atoms. The van der Waals surface area contributed by atoms with Crippen LogP contribution in [0.3, 0.4) is 0 Å². The summed E-state index contributed by atoms with van der Waals surface area (Å²) in [7, 11) is 1.46. The van der Waals surface area contributed by atoms with Crippen molar-refractivity contribution in [1.29, 1.82) is 0 Å². The summed E-state index contributed by atoms with van der Waals surface area (Å²) in [6.45, 7) is 7.16. The standard InChI is InChI=1S/C39H50O6/c1-25(15-20-35(40)43-4)31-18-19-32-30-17-16-28-23-29(44-36(41)26-11-7-5-8-12-26)21-22-38(28,2)33(30)24-34(39(31,32)3)45-37(42)27-13-9-6-10-14-27/h5-14,25,28-34H,15-24H2,1-4H3/t25-,28-,29+,30+,31+,32-,33+,34-,38-,39+/m0/s1. The molecule has 6 nitrogen and oxygen atoms in total. The van der Waals surface area contributed by atoms with E-state index >= 15 is 0 Å². The molecule has 0 N–H and O–H groups in total. The number of ether oxygens (including phenoxy) is 3. The van der Waals surface area contributed by atoms with Gasteiger partial charge in [0.15, 0.2) is 0 Å². The van der Waals surface area contributed by atoms with Crippen molar-refractivity contribution in [3.8, 4) is 0 Å². The molecule has 0 saturated heterocycles. The maximum absolute atomic E-state index is 13.6. The maximum Gasteiger partial charge on any atom is 0.338 e. The summed E-state index contributed by atoms with van der Waals surface area (Å²) < 4.78 is 17.6. The Bertz CT molecular complexity index is 1360. The number of fused-ring (bicyclic) bond motifs is 5. The molecule has 0 amide bonds. The van der Waals surface area contributed by atoms with E-state index in [0.29, 0.717) is 53.1 Å². The molecule has 0 aliphatic heterocycles. The van der Waals surface area contributed by atoms with Crippen molar-refractivity contribution in [2.75, 3.05) is 7.11 Å². The second-order valence-corrected chi connectivity index (χ2v) is 15.0. The van der Waals surface area contributed by atoms with Gasteiger partial charge in [-0.25, -0.2) is 9.59 Å². The Morgan fingerprint density at radius 1 is 0.800 bits per heavy atom. The minimum atomic E-state index is -0.235. The summed E-state index contributed by atoms with van der Waals surface area (Å²) in [5.74, 6) is 2.08. The Balaban J connectivity index is 1.24. The summed E-state index contributed by atoms with van der Waals surface area (Å²) >= 11 is 0. The van der Waals surface area contributed by atoms with E-state index in [4.69, 9.17) is 14.2 Å². The van der Waals surface area contributed by atoms with Crippen molar-refractivity contribution in [1.82, 2.24) is 0 Å². The Labute approximate surface area is 268 Å². The van der Waals surface area contributed by atoms with Gasteiger partial charge in [0.2, 0.25) is 0 Å². The van der Waals surface area contributed by atoms with Gasteiger partial charge < -0.3 is 14.2 Å². The predicted octanol–water partition coefficient (Wildman–Crippen LogP) is 8.30. The van der Waals surface area contributed by atoms with Crippen LogP contribution in [0.15, 0.2) is 60.7 Å². The van der Waals surface area contributed by atoms with Crippen molar-refractivity contribution in [3.05, 3.63) is 71.8 Å². The van der Waals surface area contributed by atoms with Gasteiger partial charge in [0, 0.05) is 11.8 Å². The molecule has 2 aromatic rings. The molecule has 10 atom stereocenters. The molecule has 4 fully saturated rings. The van der Waals surface area contributed by atoms with Crippen LogP contribution >= 0.6 is 0 Å². The molecule has 4 aliphatic rings. The van der Waals surface area contributed by atoms with Crippen molar-refractivity contribution in [2.24, 2.45) is 46.3 Å². The first-order valence-electron chi connectivity index (χ1n) is 17.2. The highest BCUT2D eigenvalue weighted by Gasteiger charge is 2.65. The molecule has 6 heteroatoms. The second kappa shape index (κ2) is 12.9. The molecule has 0 heterocycles. The van der Waals surface area contributed by atoms with Crippen molar-refractivity contribution in [3.63, 3.8) is 0 Å². The van der Waals surface area contributed by atoms with Crippen LogP contribution in [0.1, 0.15) is 106 Å². The van der Waals surface area contributed by atoms with Gasteiger partial charge in [-0.05, 0) is 123 Å². The Morgan fingerprint density at radius 3 is 2.09 bits per heavy atom. The van der Waals surface area contributed by atoms with E-state index in [1.165, 1.54) is 13.5 Å². The molecular formula is C39H50O6. The smallest absolute Gasteiger partial charge is 0.338 e. The third-order valence-corrected chi connectivity index (χ3v) is 13.0. The number of carbonyl (C=O) groups excluding carboxylic acids is 3. The highest BCUT2D eigenvalue weighted by molar-refractivity contribution is 5.90. The van der Waals surface area contributed by atoms with Crippen LogP contribution in [0.2, 0.25) is 0 Å². The van der Waals surface area contributed by atoms with Crippen LogP contribution < -0.4 is 0 Å². The predicted molar refractivity (Wildman–Crippen MR) is 172 cm³/mol. The number of carbonyl (C=O) groups is 3. The number of methoxy groups -OCH3 is 1. The third-order valence-electron chi connectivity index (χ3n) is 13.0. The Morgan fingerprint density at radius 2 is 1.44 bits per heavy atom. The number of benzene rings is 2. The van der Waals surface area contributed by atoms with Crippen LogP contribution in [-0.4, -0.2) is 37.2 Å². The third kappa shape index (κ3) is 5.94. The van der Waals surface area contributed by atoms with Crippen LogP contribution in [0.4, 0.5) is 0 Å². The minimum absolute atomic E-state index is 0.0561. The molecule has 0 unspecified atom stereocenters. The summed E-state index contributed by atoms with van der Waals surface area (Å²) in [5, 5.41) is 0. The fourth-order valence-electron chi connectivity index (χ4n) is 10.6. The van der Waals surface area contributed by atoms with E-state index in [9.17, 15) is 14.4 Å². The topological polar surface area (TPSA) is 78.9 Å². The zero-order valence-electron chi connectivity index (χ0n) is 27.4. The summed E-state index contributed by atoms with van der Waals surface area (Å²) in [6, 6.07) is 18.7. The molecule has 0 aromatic heterocycles. The first-order valence-corrected chi connectivity index (χ1v) is 17.2. The van der Waals surface area contributed by atoms with E-state index < -0.39 is 0 Å². The van der Waals surface area contributed by atoms with Crippen LogP contribution in [0, 0.1) is 46.3 Å². The molecule has 242 valence electrons. The maximum atomic E-state index is 13.6. The van der Waals surface area contributed by atoms with E-state index in [1.54, 1.807) is 0 Å². The molecule has 0 radical (unpaired) electrons. The van der Waals surface area contributed by atoms with Crippen LogP contribution in [-0.2, 0) is 19.0 Å². The monoisotopic (exact) mass is 614 g/mol. The van der Waals surface area contributed by atoms with Crippen LogP contribution in [0.25, 0.3) is 0 Å². The molecule has 45 heavy (non-hydrogen) atoms. The fourth-order valence-corrected chi connectivity index (χ4v) is 10.6. The first kappa shape index (κ1) is 31.8. The fraction of sp³-hybridized carbons (Fsp3) is 0.615. The van der Waals surface area contributed by atoms with Gasteiger partial charge >= 0.3 is 17.9 Å². The largest absolute Gasteiger partial charge is 0.469 e. The van der Waals surface area contributed by atoms with E-state index in [-0.39, 0.29) is 40.9 Å². The number of esters is 3. The van der Waals surface area contributed by atoms with Gasteiger partial charge in [-0.1, -0.05) is 57.2 Å². The van der Waals surface area contributed by atoms with E-state index in [2.05, 4.69) is 20.8 Å². The molecule has 2 aromatic carbocycles. The van der Waals surface area contributed by atoms with Gasteiger partial charge in [0.05, 0.1) is 18.2 Å². The quantitative estimate of drug-likeness (QED) is 0.220. The lowest BCUT2D eigenvalue weighted by molar-refractivity contribution is -0.176. The highest BCUT2D eigenvalue weighted by Crippen LogP contribution is 2.69. The van der Waals surface area contributed by atoms with E-state index in [0.717, 1.165) is 51.4 Å². The lowest BCUT2D eigenvalue weighted by Crippen LogP contribution is -2.59. The van der Waals surface area contributed by atoms with Gasteiger partial charge in [-0.2, -0.15) is 0 Å². The highest BCUT2D eigenvalue weighted by atomic mass is 16.5. The average molecular weight is 615 g/mol. The van der Waals surface area contributed by atoms with Gasteiger partial charge in [0.1, 0.15) is 12.2 Å². The lowest BCUT2D eigenvalue weighted by Gasteiger charge is -2.62. The molecule has 0 spiro atoms. The van der Waals surface area contributed by atoms with Gasteiger partial charge in [-0.3, -0.25) is 4.79 Å². The minimum Gasteiger partial charge on any atom is -0.469 e. The molecule has 4 aliphatic carbocycles.